The van der Waals surface area contributed by atoms with Crippen molar-refractivity contribution in [3.8, 4) is 5.88 Å². The average molecular weight is 248 g/mol. The number of aromatic nitrogens is 2. The topological polar surface area (TPSA) is 73.1 Å². The number of nitrogen functional groups attached to an aromatic ring is 1. The smallest absolute Gasteiger partial charge is 0.225 e. The molecule has 0 amide bonds. The van der Waals surface area contributed by atoms with Crippen LogP contribution in [0.3, 0.4) is 0 Å². The van der Waals surface area contributed by atoms with E-state index in [-0.39, 0.29) is 11.8 Å². The second-order valence-electron chi connectivity index (χ2n) is 3.74. The first-order chi connectivity index (χ1) is 8.58. The van der Waals surface area contributed by atoms with Gasteiger partial charge in [0.05, 0.1) is 7.11 Å². The Bertz CT molecular complexity index is 574. The van der Waals surface area contributed by atoms with Crippen molar-refractivity contribution in [1.82, 2.24) is 9.97 Å². The summed E-state index contributed by atoms with van der Waals surface area (Å²) in [6, 6.07) is 6.05. The summed E-state index contributed by atoms with van der Waals surface area (Å²) >= 11 is 0. The Hall–Kier alpha value is -2.37. The molecular formula is C12H13FN4O. The molecular weight excluding hydrogens is 235 g/mol. The van der Waals surface area contributed by atoms with Gasteiger partial charge in [-0.25, -0.2) is 4.39 Å². The summed E-state index contributed by atoms with van der Waals surface area (Å²) in [7, 11) is 1.49. The third kappa shape index (κ3) is 2.65. The van der Waals surface area contributed by atoms with Crippen LogP contribution in [-0.4, -0.2) is 17.1 Å². The fourth-order valence-electron chi connectivity index (χ4n) is 1.52. The van der Waals surface area contributed by atoms with Crippen LogP contribution < -0.4 is 15.8 Å². The largest absolute Gasteiger partial charge is 0.481 e. The lowest BCUT2D eigenvalue weighted by Gasteiger charge is -2.10. The van der Waals surface area contributed by atoms with E-state index in [2.05, 4.69) is 15.3 Å². The molecule has 0 aliphatic carbocycles. The SMILES string of the molecule is COc1cc(Nc2ccc(F)cc2C)nc(N)n1. The highest BCUT2D eigenvalue weighted by Gasteiger charge is 2.05. The van der Waals surface area contributed by atoms with Gasteiger partial charge in [0.25, 0.3) is 0 Å². The number of hydrogen-bond acceptors (Lipinski definition) is 5. The van der Waals surface area contributed by atoms with E-state index >= 15 is 0 Å². The Labute approximate surface area is 104 Å². The molecule has 1 heterocycles. The molecule has 0 saturated heterocycles. The molecule has 6 heteroatoms. The Morgan fingerprint density at radius 1 is 1.28 bits per heavy atom. The number of methoxy groups -OCH3 is 1. The van der Waals surface area contributed by atoms with E-state index in [0.29, 0.717) is 11.7 Å². The fourth-order valence-corrected chi connectivity index (χ4v) is 1.52. The summed E-state index contributed by atoms with van der Waals surface area (Å²) in [5.74, 6) is 0.688. The molecule has 0 unspecified atom stereocenters. The monoisotopic (exact) mass is 248 g/mol. The van der Waals surface area contributed by atoms with Crippen LogP contribution in [0.1, 0.15) is 5.56 Å². The molecule has 0 bridgehead atoms. The average Bonchev–Trinajstić information content (AvgIpc) is 2.32. The van der Waals surface area contributed by atoms with E-state index in [9.17, 15) is 4.39 Å². The number of rotatable bonds is 3. The number of aryl methyl sites for hydroxylation is 1. The van der Waals surface area contributed by atoms with Gasteiger partial charge in [0.2, 0.25) is 11.8 Å². The quantitative estimate of drug-likeness (QED) is 0.871. The van der Waals surface area contributed by atoms with Crippen LogP contribution in [-0.2, 0) is 0 Å². The standard InChI is InChI=1S/C12H13FN4O/c1-7-5-8(13)3-4-9(7)15-10-6-11(18-2)17-12(14)16-10/h3-6H,1-2H3,(H3,14,15,16,17). The molecule has 18 heavy (non-hydrogen) atoms. The molecule has 0 fully saturated rings. The van der Waals surface area contributed by atoms with Crippen molar-refractivity contribution in [2.75, 3.05) is 18.2 Å². The molecule has 5 nitrogen and oxygen atoms in total. The Kier molecular flexibility index (Phi) is 3.27. The number of hydrogen-bond donors (Lipinski definition) is 2. The summed E-state index contributed by atoms with van der Waals surface area (Å²) < 4.78 is 18.0. The molecule has 0 aliphatic rings. The van der Waals surface area contributed by atoms with Crippen molar-refractivity contribution >= 4 is 17.5 Å². The van der Waals surface area contributed by atoms with Crippen LogP contribution >= 0.6 is 0 Å². The zero-order valence-electron chi connectivity index (χ0n) is 10.1. The summed E-state index contributed by atoms with van der Waals surface area (Å²) in [5.41, 5.74) is 7.06. The summed E-state index contributed by atoms with van der Waals surface area (Å²) in [6.45, 7) is 1.80. The van der Waals surface area contributed by atoms with Crippen LogP contribution in [0, 0.1) is 12.7 Å². The van der Waals surface area contributed by atoms with Crippen molar-refractivity contribution in [3.05, 3.63) is 35.6 Å². The maximum atomic E-state index is 13.0. The number of nitrogens with one attached hydrogen (secondary N) is 1. The van der Waals surface area contributed by atoms with E-state index in [4.69, 9.17) is 10.5 Å². The van der Waals surface area contributed by atoms with Crippen molar-refractivity contribution in [2.45, 2.75) is 6.92 Å². The van der Waals surface area contributed by atoms with E-state index in [1.54, 1.807) is 19.1 Å². The van der Waals surface area contributed by atoms with Gasteiger partial charge in [-0.05, 0) is 30.7 Å². The second kappa shape index (κ2) is 4.87. The normalized spacial score (nSPS) is 10.2. The van der Waals surface area contributed by atoms with Gasteiger partial charge in [0.15, 0.2) is 0 Å². The summed E-state index contributed by atoms with van der Waals surface area (Å²) in [5, 5.41) is 3.04. The predicted molar refractivity (Wildman–Crippen MR) is 67.4 cm³/mol. The fraction of sp³-hybridized carbons (Fsp3) is 0.167. The van der Waals surface area contributed by atoms with Gasteiger partial charge in [-0.2, -0.15) is 9.97 Å². The number of ether oxygens (including phenoxy) is 1. The Morgan fingerprint density at radius 2 is 2.06 bits per heavy atom. The number of benzene rings is 1. The van der Waals surface area contributed by atoms with Gasteiger partial charge in [-0.3, -0.25) is 0 Å². The van der Waals surface area contributed by atoms with Crippen LogP contribution in [0.4, 0.5) is 21.8 Å². The molecule has 1 aromatic carbocycles. The van der Waals surface area contributed by atoms with E-state index in [1.165, 1.54) is 19.2 Å². The molecule has 2 rings (SSSR count). The van der Waals surface area contributed by atoms with Crippen LogP contribution in [0.15, 0.2) is 24.3 Å². The van der Waals surface area contributed by atoms with Crippen molar-refractivity contribution < 1.29 is 9.13 Å². The van der Waals surface area contributed by atoms with Gasteiger partial charge >= 0.3 is 0 Å². The molecule has 0 saturated carbocycles. The maximum Gasteiger partial charge on any atom is 0.225 e. The van der Waals surface area contributed by atoms with Crippen molar-refractivity contribution in [3.63, 3.8) is 0 Å². The highest BCUT2D eigenvalue weighted by Crippen LogP contribution is 2.22. The highest BCUT2D eigenvalue weighted by molar-refractivity contribution is 5.61. The van der Waals surface area contributed by atoms with E-state index < -0.39 is 0 Å². The lowest BCUT2D eigenvalue weighted by Crippen LogP contribution is -2.02. The van der Waals surface area contributed by atoms with Crippen LogP contribution in [0.2, 0.25) is 0 Å². The minimum atomic E-state index is -0.280. The highest BCUT2D eigenvalue weighted by atomic mass is 19.1. The first-order valence-electron chi connectivity index (χ1n) is 5.30. The molecule has 0 spiro atoms. The van der Waals surface area contributed by atoms with Gasteiger partial charge in [-0.1, -0.05) is 0 Å². The molecule has 2 aromatic rings. The Morgan fingerprint density at radius 3 is 2.72 bits per heavy atom. The van der Waals surface area contributed by atoms with Gasteiger partial charge in [0.1, 0.15) is 11.6 Å². The number of nitrogens with two attached hydrogens (primary N) is 1. The van der Waals surface area contributed by atoms with Gasteiger partial charge in [0, 0.05) is 11.8 Å². The van der Waals surface area contributed by atoms with Crippen LogP contribution in [0.25, 0.3) is 0 Å². The molecule has 94 valence electrons. The van der Waals surface area contributed by atoms with Crippen LogP contribution in [0.5, 0.6) is 5.88 Å². The second-order valence-corrected chi connectivity index (χ2v) is 3.74. The number of nitrogens with zero attached hydrogens (tertiary/aromatic N) is 2. The Balaban J connectivity index is 2.30. The lowest BCUT2D eigenvalue weighted by atomic mass is 10.2. The molecule has 0 atom stereocenters. The third-order valence-corrected chi connectivity index (χ3v) is 2.38. The predicted octanol–water partition coefficient (Wildman–Crippen LogP) is 2.26. The summed E-state index contributed by atoms with van der Waals surface area (Å²) in [6.07, 6.45) is 0. The minimum Gasteiger partial charge on any atom is -0.481 e. The minimum absolute atomic E-state index is 0.108. The van der Waals surface area contributed by atoms with E-state index in [0.717, 1.165) is 11.3 Å². The molecule has 0 aliphatic heterocycles. The summed E-state index contributed by atoms with van der Waals surface area (Å²) in [4.78, 5) is 7.90. The molecule has 0 radical (unpaired) electrons. The zero-order valence-corrected chi connectivity index (χ0v) is 10.1. The number of halogens is 1. The first kappa shape index (κ1) is 12.1. The third-order valence-electron chi connectivity index (χ3n) is 2.38. The molecule has 1 aromatic heterocycles. The van der Waals surface area contributed by atoms with Crippen molar-refractivity contribution in [1.29, 1.82) is 0 Å². The van der Waals surface area contributed by atoms with Gasteiger partial charge < -0.3 is 15.8 Å². The van der Waals surface area contributed by atoms with Gasteiger partial charge in [-0.15, -0.1) is 0 Å². The van der Waals surface area contributed by atoms with Crippen molar-refractivity contribution in [2.24, 2.45) is 0 Å². The number of anilines is 3. The van der Waals surface area contributed by atoms with E-state index in [1.807, 2.05) is 0 Å². The lowest BCUT2D eigenvalue weighted by molar-refractivity contribution is 0.398. The maximum absolute atomic E-state index is 13.0. The first-order valence-corrected chi connectivity index (χ1v) is 5.30. The zero-order chi connectivity index (χ0) is 13.1. The molecule has 3 N–H and O–H groups in total.